The highest BCUT2D eigenvalue weighted by molar-refractivity contribution is 5.80. The summed E-state index contributed by atoms with van der Waals surface area (Å²) in [6.07, 6.45) is 6.33. The first kappa shape index (κ1) is 22.3. The molecule has 2 N–H and O–H groups in total. The Bertz CT molecular complexity index is 582. The van der Waals surface area contributed by atoms with E-state index in [1.54, 1.807) is 6.07 Å². The normalized spacial score (nSPS) is 15.4. The fraction of sp³-hybridized carbons (Fsp3) is 0.682. The summed E-state index contributed by atoms with van der Waals surface area (Å²) >= 11 is 0. The Balaban J connectivity index is 1.73. The molecule has 1 aromatic carbocycles. The van der Waals surface area contributed by atoms with Gasteiger partial charge in [0.1, 0.15) is 5.75 Å². The Morgan fingerprint density at radius 2 is 1.71 bits per heavy atom. The predicted molar refractivity (Wildman–Crippen MR) is 120 cm³/mol. The molecule has 6 nitrogen and oxygen atoms in total. The van der Waals surface area contributed by atoms with E-state index in [4.69, 9.17) is 4.99 Å². The summed E-state index contributed by atoms with van der Waals surface area (Å²) in [5.41, 5.74) is 0.929. The Kier molecular flexibility index (Phi) is 9.97. The average molecular weight is 390 g/mol. The second-order valence-electron chi connectivity index (χ2n) is 7.77. The molecule has 0 amide bonds. The lowest BCUT2D eigenvalue weighted by molar-refractivity contribution is 0.369. The van der Waals surface area contributed by atoms with Crippen molar-refractivity contribution in [3.05, 3.63) is 24.3 Å². The van der Waals surface area contributed by atoms with Crippen LogP contribution in [0.3, 0.4) is 0 Å². The number of benzene rings is 1. The van der Waals surface area contributed by atoms with Crippen molar-refractivity contribution in [1.29, 1.82) is 0 Å². The van der Waals surface area contributed by atoms with Crippen molar-refractivity contribution in [2.45, 2.75) is 39.0 Å². The molecule has 0 aliphatic carbocycles. The highest BCUT2D eigenvalue weighted by Crippen LogP contribution is 2.27. The first-order chi connectivity index (χ1) is 13.6. The number of hydrogen-bond donors (Lipinski definition) is 2. The average Bonchev–Trinajstić information content (AvgIpc) is 2.69. The number of rotatable bonds is 10. The SMILES string of the molecule is CCNC(=NCCCCCCCN(C)C)N1CCN(c2ccccc2O)CC1. The molecule has 0 atom stereocenters. The third kappa shape index (κ3) is 7.58. The van der Waals surface area contributed by atoms with Crippen LogP contribution in [0.25, 0.3) is 0 Å². The number of piperazine rings is 1. The van der Waals surface area contributed by atoms with Crippen molar-refractivity contribution < 1.29 is 5.11 Å². The van der Waals surface area contributed by atoms with Crippen LogP contribution in [0.2, 0.25) is 0 Å². The number of nitrogens with one attached hydrogen (secondary N) is 1. The van der Waals surface area contributed by atoms with Crippen molar-refractivity contribution >= 4 is 11.6 Å². The van der Waals surface area contributed by atoms with Gasteiger partial charge in [0.2, 0.25) is 0 Å². The van der Waals surface area contributed by atoms with E-state index in [1.807, 2.05) is 18.2 Å². The van der Waals surface area contributed by atoms with E-state index in [9.17, 15) is 5.11 Å². The van der Waals surface area contributed by atoms with Gasteiger partial charge in [0.05, 0.1) is 5.69 Å². The van der Waals surface area contributed by atoms with Gasteiger partial charge in [0.25, 0.3) is 0 Å². The first-order valence-electron chi connectivity index (χ1n) is 10.8. The van der Waals surface area contributed by atoms with E-state index in [0.717, 1.165) is 57.3 Å². The molecule has 6 heteroatoms. The molecular weight excluding hydrogens is 350 g/mol. The molecule has 1 heterocycles. The van der Waals surface area contributed by atoms with E-state index in [1.165, 1.54) is 32.2 Å². The van der Waals surface area contributed by atoms with E-state index < -0.39 is 0 Å². The molecule has 2 rings (SSSR count). The van der Waals surface area contributed by atoms with Crippen LogP contribution in [-0.4, -0.2) is 80.8 Å². The van der Waals surface area contributed by atoms with Gasteiger partial charge < -0.3 is 25.1 Å². The summed E-state index contributed by atoms with van der Waals surface area (Å²) in [6.45, 7) is 8.74. The molecule has 0 spiro atoms. The molecular formula is C22H39N5O. The minimum Gasteiger partial charge on any atom is -0.506 e. The second-order valence-corrected chi connectivity index (χ2v) is 7.77. The molecule has 0 unspecified atom stereocenters. The summed E-state index contributed by atoms with van der Waals surface area (Å²) < 4.78 is 0. The quantitative estimate of drug-likeness (QED) is 0.366. The number of guanidine groups is 1. The third-order valence-electron chi connectivity index (χ3n) is 5.16. The molecule has 0 bridgehead atoms. The van der Waals surface area contributed by atoms with Crippen LogP contribution in [-0.2, 0) is 0 Å². The Hall–Kier alpha value is -1.95. The largest absolute Gasteiger partial charge is 0.506 e. The smallest absolute Gasteiger partial charge is 0.194 e. The van der Waals surface area contributed by atoms with Gasteiger partial charge >= 0.3 is 0 Å². The van der Waals surface area contributed by atoms with E-state index in [2.05, 4.69) is 41.0 Å². The fourth-order valence-electron chi connectivity index (χ4n) is 3.57. The van der Waals surface area contributed by atoms with Crippen LogP contribution in [0.5, 0.6) is 5.75 Å². The van der Waals surface area contributed by atoms with Crippen LogP contribution in [0.1, 0.15) is 39.0 Å². The molecule has 0 aromatic heterocycles. The lowest BCUT2D eigenvalue weighted by Crippen LogP contribution is -2.52. The van der Waals surface area contributed by atoms with Gasteiger partial charge in [0.15, 0.2) is 5.96 Å². The molecule has 1 aliphatic rings. The van der Waals surface area contributed by atoms with Crippen molar-refractivity contribution in [3.63, 3.8) is 0 Å². The van der Waals surface area contributed by atoms with E-state index in [0.29, 0.717) is 5.75 Å². The van der Waals surface area contributed by atoms with Gasteiger partial charge in [-0.2, -0.15) is 0 Å². The molecule has 0 saturated carbocycles. The van der Waals surface area contributed by atoms with Crippen molar-refractivity contribution in [2.24, 2.45) is 4.99 Å². The highest BCUT2D eigenvalue weighted by atomic mass is 16.3. The molecule has 0 radical (unpaired) electrons. The fourth-order valence-corrected chi connectivity index (χ4v) is 3.57. The topological polar surface area (TPSA) is 54.3 Å². The maximum Gasteiger partial charge on any atom is 0.194 e. The zero-order valence-electron chi connectivity index (χ0n) is 18.0. The maximum absolute atomic E-state index is 10.1. The summed E-state index contributed by atoms with van der Waals surface area (Å²) in [6, 6.07) is 7.59. The molecule has 1 fully saturated rings. The summed E-state index contributed by atoms with van der Waals surface area (Å²) in [5, 5.41) is 13.5. The Morgan fingerprint density at radius 3 is 2.39 bits per heavy atom. The molecule has 28 heavy (non-hydrogen) atoms. The van der Waals surface area contributed by atoms with Crippen molar-refractivity contribution in [1.82, 2.24) is 15.1 Å². The Labute approximate surface area is 171 Å². The monoisotopic (exact) mass is 389 g/mol. The lowest BCUT2D eigenvalue weighted by atomic mass is 10.1. The van der Waals surface area contributed by atoms with Gasteiger partial charge in [-0.25, -0.2) is 0 Å². The van der Waals surface area contributed by atoms with E-state index >= 15 is 0 Å². The Morgan fingerprint density at radius 1 is 1.04 bits per heavy atom. The standard InChI is InChI=1S/C22H39N5O/c1-4-23-22(24-14-10-6-5-7-11-15-25(2)3)27-18-16-26(17-19-27)20-12-8-9-13-21(20)28/h8-9,12-13,28H,4-7,10-11,14-19H2,1-3H3,(H,23,24). The molecule has 1 aromatic rings. The third-order valence-corrected chi connectivity index (χ3v) is 5.16. The van der Waals surface area contributed by atoms with Crippen LogP contribution in [0.4, 0.5) is 5.69 Å². The molecule has 1 saturated heterocycles. The minimum atomic E-state index is 0.363. The number of unbranched alkanes of at least 4 members (excludes halogenated alkanes) is 4. The summed E-state index contributed by atoms with van der Waals surface area (Å²) in [7, 11) is 4.28. The lowest BCUT2D eigenvalue weighted by Gasteiger charge is -2.37. The molecule has 1 aliphatic heterocycles. The molecule has 158 valence electrons. The van der Waals surface area contributed by atoms with E-state index in [-0.39, 0.29) is 0 Å². The summed E-state index contributed by atoms with van der Waals surface area (Å²) in [5.74, 6) is 1.40. The van der Waals surface area contributed by atoms with Gasteiger partial charge in [-0.15, -0.1) is 0 Å². The number of anilines is 1. The number of phenols is 1. The summed E-state index contributed by atoms with van der Waals surface area (Å²) in [4.78, 5) is 11.7. The zero-order valence-corrected chi connectivity index (χ0v) is 18.0. The number of aliphatic imine (C=N–C) groups is 1. The zero-order chi connectivity index (χ0) is 20.2. The number of nitrogens with zero attached hydrogens (tertiary/aromatic N) is 4. The number of hydrogen-bond acceptors (Lipinski definition) is 4. The van der Waals surface area contributed by atoms with Crippen LogP contribution >= 0.6 is 0 Å². The highest BCUT2D eigenvalue weighted by Gasteiger charge is 2.21. The van der Waals surface area contributed by atoms with Gasteiger partial charge in [-0.1, -0.05) is 31.4 Å². The number of aromatic hydroxyl groups is 1. The number of para-hydroxylation sites is 2. The van der Waals surface area contributed by atoms with Crippen molar-refractivity contribution in [2.75, 3.05) is 64.8 Å². The van der Waals surface area contributed by atoms with Gasteiger partial charge in [0, 0.05) is 39.3 Å². The first-order valence-corrected chi connectivity index (χ1v) is 10.8. The van der Waals surface area contributed by atoms with Crippen LogP contribution < -0.4 is 10.2 Å². The number of phenolic OH excluding ortho intramolecular Hbond substituents is 1. The van der Waals surface area contributed by atoms with Crippen LogP contribution in [0.15, 0.2) is 29.3 Å². The van der Waals surface area contributed by atoms with Crippen molar-refractivity contribution in [3.8, 4) is 5.75 Å². The predicted octanol–water partition coefficient (Wildman–Crippen LogP) is 2.99. The van der Waals surface area contributed by atoms with Gasteiger partial charge in [-0.3, -0.25) is 4.99 Å². The van der Waals surface area contributed by atoms with Gasteiger partial charge in [-0.05, 0) is 52.5 Å². The second kappa shape index (κ2) is 12.5. The van der Waals surface area contributed by atoms with Crippen LogP contribution in [0, 0.1) is 0 Å². The minimum absolute atomic E-state index is 0.363. The maximum atomic E-state index is 10.1.